The maximum Gasteiger partial charge on any atom is 0.0550 e. The van der Waals surface area contributed by atoms with E-state index in [1.54, 1.807) is 0 Å². The van der Waals surface area contributed by atoms with Crippen LogP contribution < -0.4 is 5.32 Å². The zero-order valence-electron chi connectivity index (χ0n) is 6.75. The lowest BCUT2D eigenvalue weighted by Crippen LogP contribution is -2.16. The van der Waals surface area contributed by atoms with Crippen molar-refractivity contribution in [3.63, 3.8) is 0 Å². The van der Waals surface area contributed by atoms with Gasteiger partial charge in [-0.3, -0.25) is 4.68 Å². The summed E-state index contributed by atoms with van der Waals surface area (Å²) in [7, 11) is 2.00. The summed E-state index contributed by atoms with van der Waals surface area (Å²) in [6, 6.07) is 2.63. The quantitative estimate of drug-likeness (QED) is 0.644. The van der Waals surface area contributed by atoms with E-state index in [-0.39, 0.29) is 0 Å². The smallest absolute Gasteiger partial charge is 0.0550 e. The van der Waals surface area contributed by atoms with Crippen LogP contribution in [-0.2, 0) is 7.05 Å². The van der Waals surface area contributed by atoms with E-state index in [2.05, 4.69) is 16.5 Å². The molecule has 2 heterocycles. The van der Waals surface area contributed by atoms with Gasteiger partial charge in [0.05, 0.1) is 5.69 Å². The van der Waals surface area contributed by atoms with Crippen molar-refractivity contribution in [1.82, 2.24) is 15.1 Å². The van der Waals surface area contributed by atoms with Gasteiger partial charge >= 0.3 is 0 Å². The lowest BCUT2D eigenvalue weighted by molar-refractivity contribution is 0.574. The van der Waals surface area contributed by atoms with Crippen LogP contribution in [0, 0.1) is 0 Å². The van der Waals surface area contributed by atoms with Crippen LogP contribution in [0.15, 0.2) is 12.3 Å². The summed E-state index contributed by atoms with van der Waals surface area (Å²) in [5.41, 5.74) is 1.31. The van der Waals surface area contributed by atoms with Crippen molar-refractivity contribution in [1.29, 1.82) is 0 Å². The van der Waals surface area contributed by atoms with Crippen molar-refractivity contribution in [3.05, 3.63) is 18.0 Å². The topological polar surface area (TPSA) is 29.9 Å². The molecule has 1 atom stereocenters. The molecular weight excluding hydrogens is 138 g/mol. The Bertz CT molecular complexity index is 235. The first-order valence-corrected chi connectivity index (χ1v) is 4.09. The Morgan fingerprint density at radius 3 is 3.18 bits per heavy atom. The minimum absolute atomic E-state index is 0.544. The van der Waals surface area contributed by atoms with Gasteiger partial charge in [0, 0.05) is 19.3 Å². The first-order valence-electron chi connectivity index (χ1n) is 4.09. The zero-order valence-corrected chi connectivity index (χ0v) is 6.75. The van der Waals surface area contributed by atoms with Crippen molar-refractivity contribution in [3.8, 4) is 0 Å². The van der Waals surface area contributed by atoms with Crippen molar-refractivity contribution < 1.29 is 0 Å². The largest absolute Gasteiger partial charge is 0.309 e. The van der Waals surface area contributed by atoms with E-state index in [4.69, 9.17) is 0 Å². The zero-order chi connectivity index (χ0) is 7.68. The molecule has 0 saturated carbocycles. The van der Waals surface area contributed by atoms with E-state index in [0.717, 1.165) is 6.54 Å². The average Bonchev–Trinajstić information content (AvgIpc) is 2.55. The van der Waals surface area contributed by atoms with E-state index < -0.39 is 0 Å². The summed E-state index contributed by atoms with van der Waals surface area (Å²) in [6.07, 6.45) is 4.39. The van der Waals surface area contributed by atoms with Crippen molar-refractivity contribution in [2.45, 2.75) is 18.9 Å². The minimum Gasteiger partial charge on any atom is -0.309 e. The van der Waals surface area contributed by atoms with Gasteiger partial charge in [-0.2, -0.15) is 5.10 Å². The molecule has 1 N–H and O–H groups in total. The Labute approximate surface area is 66.4 Å². The third kappa shape index (κ3) is 1.16. The molecule has 1 aliphatic rings. The second-order valence-corrected chi connectivity index (χ2v) is 3.03. The lowest BCUT2D eigenvalue weighted by atomic mass is 10.2. The highest BCUT2D eigenvalue weighted by atomic mass is 15.3. The van der Waals surface area contributed by atoms with Gasteiger partial charge in [-0.25, -0.2) is 0 Å². The molecule has 0 aromatic carbocycles. The van der Waals surface area contributed by atoms with Gasteiger partial charge in [0.25, 0.3) is 0 Å². The molecule has 0 radical (unpaired) electrons. The Morgan fingerprint density at radius 2 is 2.64 bits per heavy atom. The third-order valence-electron chi connectivity index (χ3n) is 2.28. The first kappa shape index (κ1) is 6.85. The van der Waals surface area contributed by atoms with Crippen LogP contribution in [0.25, 0.3) is 0 Å². The monoisotopic (exact) mass is 151 g/mol. The maximum atomic E-state index is 4.14. The molecule has 3 nitrogen and oxygen atoms in total. The number of hydrogen-bond donors (Lipinski definition) is 1. The molecule has 0 spiro atoms. The highest BCUT2D eigenvalue weighted by Gasteiger charge is 2.18. The van der Waals surface area contributed by atoms with Crippen LogP contribution in [-0.4, -0.2) is 16.3 Å². The molecule has 11 heavy (non-hydrogen) atoms. The molecule has 1 saturated heterocycles. The molecule has 1 aromatic heterocycles. The SMILES string of the molecule is Cn1nccc1[C@H]1CCCN1. The maximum absolute atomic E-state index is 4.14. The number of aryl methyl sites for hydroxylation is 1. The van der Waals surface area contributed by atoms with Gasteiger partial charge in [-0.1, -0.05) is 0 Å². The van der Waals surface area contributed by atoms with Crippen LogP contribution in [0.1, 0.15) is 24.6 Å². The van der Waals surface area contributed by atoms with Crippen LogP contribution in [0.4, 0.5) is 0 Å². The highest BCUT2D eigenvalue weighted by molar-refractivity contribution is 5.07. The predicted molar refractivity (Wildman–Crippen MR) is 43.2 cm³/mol. The normalized spacial score (nSPS) is 24.3. The van der Waals surface area contributed by atoms with E-state index in [1.807, 2.05) is 17.9 Å². The molecule has 2 rings (SSSR count). The Balaban J connectivity index is 2.21. The summed E-state index contributed by atoms with van der Waals surface area (Å²) < 4.78 is 1.95. The summed E-state index contributed by atoms with van der Waals surface area (Å²) in [4.78, 5) is 0. The van der Waals surface area contributed by atoms with Crippen molar-refractivity contribution >= 4 is 0 Å². The van der Waals surface area contributed by atoms with Gasteiger partial charge in [-0.05, 0) is 25.5 Å². The van der Waals surface area contributed by atoms with Crippen LogP contribution >= 0.6 is 0 Å². The predicted octanol–water partition coefficient (Wildman–Crippen LogP) is 0.845. The van der Waals surface area contributed by atoms with Crippen LogP contribution in [0.5, 0.6) is 0 Å². The van der Waals surface area contributed by atoms with Crippen molar-refractivity contribution in [2.24, 2.45) is 7.05 Å². The van der Waals surface area contributed by atoms with Gasteiger partial charge in [0.2, 0.25) is 0 Å². The van der Waals surface area contributed by atoms with Crippen molar-refractivity contribution in [2.75, 3.05) is 6.54 Å². The number of nitrogens with zero attached hydrogens (tertiary/aromatic N) is 2. The molecule has 0 unspecified atom stereocenters. The fraction of sp³-hybridized carbons (Fsp3) is 0.625. The Kier molecular flexibility index (Phi) is 1.66. The number of rotatable bonds is 1. The number of aromatic nitrogens is 2. The standard InChI is InChI=1S/C8H13N3/c1-11-8(4-6-10-11)7-3-2-5-9-7/h4,6-7,9H,2-3,5H2,1H3/t7-/m1/s1. The number of hydrogen-bond acceptors (Lipinski definition) is 2. The molecule has 0 amide bonds. The Morgan fingerprint density at radius 1 is 1.73 bits per heavy atom. The first-order chi connectivity index (χ1) is 5.38. The van der Waals surface area contributed by atoms with Gasteiger partial charge in [0.1, 0.15) is 0 Å². The molecule has 60 valence electrons. The number of nitrogens with one attached hydrogen (secondary N) is 1. The van der Waals surface area contributed by atoms with E-state index in [1.165, 1.54) is 18.5 Å². The molecule has 1 fully saturated rings. The Hall–Kier alpha value is -0.830. The van der Waals surface area contributed by atoms with E-state index in [0.29, 0.717) is 6.04 Å². The average molecular weight is 151 g/mol. The highest BCUT2D eigenvalue weighted by Crippen LogP contribution is 2.21. The molecule has 1 aromatic rings. The van der Waals surface area contributed by atoms with Gasteiger partial charge < -0.3 is 5.32 Å². The fourth-order valence-electron chi connectivity index (χ4n) is 1.66. The van der Waals surface area contributed by atoms with Gasteiger partial charge in [0.15, 0.2) is 0 Å². The second-order valence-electron chi connectivity index (χ2n) is 3.03. The summed E-state index contributed by atoms with van der Waals surface area (Å²) in [6.45, 7) is 1.15. The second kappa shape index (κ2) is 2.66. The van der Waals surface area contributed by atoms with Crippen LogP contribution in [0.3, 0.4) is 0 Å². The minimum atomic E-state index is 0.544. The van der Waals surface area contributed by atoms with E-state index in [9.17, 15) is 0 Å². The van der Waals surface area contributed by atoms with Crippen LogP contribution in [0.2, 0.25) is 0 Å². The summed E-state index contributed by atoms with van der Waals surface area (Å²) in [5.74, 6) is 0. The fourth-order valence-corrected chi connectivity index (χ4v) is 1.66. The lowest BCUT2D eigenvalue weighted by Gasteiger charge is -2.09. The summed E-state index contributed by atoms with van der Waals surface area (Å²) in [5, 5.41) is 7.58. The molecule has 3 heteroatoms. The van der Waals surface area contributed by atoms with Gasteiger partial charge in [-0.15, -0.1) is 0 Å². The molecule has 0 bridgehead atoms. The molecule has 0 aliphatic carbocycles. The summed E-state index contributed by atoms with van der Waals surface area (Å²) >= 11 is 0. The van der Waals surface area contributed by atoms with E-state index >= 15 is 0 Å². The molecular formula is C8H13N3. The molecule has 1 aliphatic heterocycles. The third-order valence-corrected chi connectivity index (χ3v) is 2.28.